The molecule has 1 aromatic carbocycles. The maximum atomic E-state index is 13.7. The fourth-order valence-electron chi connectivity index (χ4n) is 5.56. The number of nitrogens with one attached hydrogen (secondary N) is 1. The van der Waals surface area contributed by atoms with Crippen LogP contribution in [0.5, 0.6) is 11.5 Å². The molecule has 7 nitrogen and oxygen atoms in total. The molecule has 0 saturated carbocycles. The lowest BCUT2D eigenvalue weighted by Crippen LogP contribution is -2.39. The summed E-state index contributed by atoms with van der Waals surface area (Å²) in [6.07, 6.45) is 4.60. The van der Waals surface area contributed by atoms with E-state index in [1.165, 1.54) is 0 Å². The van der Waals surface area contributed by atoms with Crippen molar-refractivity contribution >= 4 is 21.8 Å². The Hall–Kier alpha value is -2.32. The van der Waals surface area contributed by atoms with Crippen molar-refractivity contribution < 1.29 is 14.3 Å². The molecular weight excluding hydrogens is 522 g/mol. The lowest BCUT2D eigenvalue weighted by molar-refractivity contribution is -0.0708. The highest BCUT2D eigenvalue weighted by Crippen LogP contribution is 2.52. The van der Waals surface area contributed by atoms with E-state index >= 15 is 0 Å². The highest BCUT2D eigenvalue weighted by molar-refractivity contribution is 9.10. The van der Waals surface area contributed by atoms with Crippen LogP contribution in [0.4, 0.5) is 0 Å². The molecule has 1 N–H and O–H groups in total. The first-order chi connectivity index (χ1) is 17.0. The van der Waals surface area contributed by atoms with Crippen molar-refractivity contribution in [1.29, 1.82) is 0 Å². The van der Waals surface area contributed by atoms with E-state index in [9.17, 15) is 9.59 Å². The number of nitrogens with zero attached hydrogens (tertiary/aromatic N) is 2. The molecule has 36 heavy (non-hydrogen) atoms. The van der Waals surface area contributed by atoms with Crippen molar-refractivity contribution in [3.8, 4) is 11.5 Å². The molecule has 2 aliphatic heterocycles. The first-order valence-corrected chi connectivity index (χ1v) is 13.6. The fraction of sp³-hybridized carbons (Fsp3) is 0.571. The maximum absolute atomic E-state index is 13.7. The van der Waals surface area contributed by atoms with E-state index < -0.39 is 5.79 Å². The second-order valence-electron chi connectivity index (χ2n) is 10.6. The van der Waals surface area contributed by atoms with Gasteiger partial charge in [0.2, 0.25) is 5.79 Å². The van der Waals surface area contributed by atoms with Gasteiger partial charge in [-0.2, -0.15) is 0 Å². The van der Waals surface area contributed by atoms with Crippen LogP contribution < -0.4 is 15.0 Å². The number of amides is 1. The average molecular weight is 561 g/mol. The molecule has 0 aliphatic carbocycles. The van der Waals surface area contributed by atoms with Gasteiger partial charge in [-0.3, -0.25) is 9.59 Å². The quantitative estimate of drug-likeness (QED) is 0.477. The summed E-state index contributed by atoms with van der Waals surface area (Å²) >= 11 is 3.73. The normalized spacial score (nSPS) is 19.7. The van der Waals surface area contributed by atoms with Crippen molar-refractivity contribution in [1.82, 2.24) is 14.8 Å². The van der Waals surface area contributed by atoms with Crippen LogP contribution in [-0.4, -0.2) is 53.2 Å². The van der Waals surface area contributed by atoms with Gasteiger partial charge < -0.3 is 24.3 Å². The van der Waals surface area contributed by atoms with Crippen LogP contribution in [-0.2, 0) is 13.0 Å². The molecule has 1 aromatic heterocycles. The van der Waals surface area contributed by atoms with Crippen LogP contribution in [0.25, 0.3) is 0 Å². The number of aryl methyl sites for hydroxylation is 2. The summed E-state index contributed by atoms with van der Waals surface area (Å²) in [5, 5.41) is 0. The van der Waals surface area contributed by atoms with Gasteiger partial charge in [-0.25, -0.2) is 0 Å². The molecule has 3 heterocycles. The Bertz CT molecular complexity index is 1240. The Morgan fingerprint density at radius 2 is 1.89 bits per heavy atom. The number of ether oxygens (including phenoxy) is 2. The van der Waals surface area contributed by atoms with Crippen LogP contribution in [0, 0.1) is 20.8 Å². The molecule has 2 aromatic rings. The number of rotatable bonds is 8. The number of H-pyrrole nitrogens is 1. The van der Waals surface area contributed by atoms with Crippen molar-refractivity contribution in [2.24, 2.45) is 0 Å². The van der Waals surface area contributed by atoms with Crippen LogP contribution in [0.15, 0.2) is 15.3 Å². The van der Waals surface area contributed by atoms with E-state index in [0.717, 1.165) is 52.5 Å². The fourth-order valence-corrected chi connectivity index (χ4v) is 6.22. The molecule has 0 radical (unpaired) electrons. The van der Waals surface area contributed by atoms with Gasteiger partial charge in [-0.05, 0) is 93.7 Å². The summed E-state index contributed by atoms with van der Waals surface area (Å²) in [5.41, 5.74) is 4.62. The van der Waals surface area contributed by atoms with Gasteiger partial charge in [0.1, 0.15) is 0 Å². The van der Waals surface area contributed by atoms with E-state index in [0.29, 0.717) is 41.6 Å². The predicted octanol–water partition coefficient (Wildman–Crippen LogP) is 5.26. The predicted molar refractivity (Wildman–Crippen MR) is 145 cm³/mol. The van der Waals surface area contributed by atoms with Gasteiger partial charge in [-0.1, -0.05) is 6.92 Å². The zero-order valence-electron chi connectivity index (χ0n) is 22.5. The zero-order valence-corrected chi connectivity index (χ0v) is 24.1. The molecule has 0 fully saturated rings. The molecule has 2 atom stereocenters. The Labute approximate surface area is 222 Å². The number of aromatic nitrogens is 1. The molecule has 0 spiro atoms. The third-order valence-electron chi connectivity index (χ3n) is 7.67. The number of pyridine rings is 1. The number of aromatic amines is 1. The molecule has 2 aliphatic rings. The van der Waals surface area contributed by atoms with Crippen LogP contribution in [0.1, 0.15) is 77.8 Å². The van der Waals surface area contributed by atoms with Gasteiger partial charge in [-0.15, -0.1) is 0 Å². The molecule has 2 unspecified atom stereocenters. The van der Waals surface area contributed by atoms with Crippen molar-refractivity contribution in [2.75, 3.05) is 20.6 Å². The van der Waals surface area contributed by atoms with Gasteiger partial charge in [0.25, 0.3) is 11.5 Å². The lowest BCUT2D eigenvalue weighted by atomic mass is 9.93. The Morgan fingerprint density at radius 1 is 1.19 bits per heavy atom. The number of benzene rings is 1. The highest BCUT2D eigenvalue weighted by atomic mass is 79.9. The monoisotopic (exact) mass is 559 g/mol. The lowest BCUT2D eigenvalue weighted by Gasteiger charge is -2.31. The molecule has 196 valence electrons. The second-order valence-corrected chi connectivity index (χ2v) is 11.4. The van der Waals surface area contributed by atoms with E-state index in [1.807, 2.05) is 33.8 Å². The molecule has 0 bridgehead atoms. The third kappa shape index (κ3) is 4.94. The summed E-state index contributed by atoms with van der Waals surface area (Å²) in [4.78, 5) is 33.2. The molecule has 4 rings (SSSR count). The number of carbonyl (C=O) groups is 1. The minimum atomic E-state index is -0.765. The van der Waals surface area contributed by atoms with E-state index in [1.54, 1.807) is 4.90 Å². The van der Waals surface area contributed by atoms with Gasteiger partial charge in [0, 0.05) is 42.8 Å². The first kappa shape index (κ1) is 26.7. The topological polar surface area (TPSA) is 74.9 Å². The number of carbonyl (C=O) groups excluding carboxylic acids is 1. The second kappa shape index (κ2) is 10.2. The largest absolute Gasteiger partial charge is 0.448 e. The van der Waals surface area contributed by atoms with E-state index in [2.05, 4.69) is 46.8 Å². The van der Waals surface area contributed by atoms with Crippen LogP contribution in [0.2, 0.25) is 0 Å². The number of hydrogen-bond acceptors (Lipinski definition) is 5. The Kier molecular flexibility index (Phi) is 7.58. The molecule has 1 amide bonds. The minimum Gasteiger partial charge on any atom is -0.448 e. The Balaban J connectivity index is 1.57. The minimum absolute atomic E-state index is 0.0781. The van der Waals surface area contributed by atoms with E-state index in [-0.39, 0.29) is 18.0 Å². The number of fused-ring (bicyclic) bond motifs is 2. The number of halogens is 1. The van der Waals surface area contributed by atoms with Crippen LogP contribution >= 0.6 is 15.9 Å². The zero-order chi connectivity index (χ0) is 26.4. The summed E-state index contributed by atoms with van der Waals surface area (Å²) < 4.78 is 13.6. The Morgan fingerprint density at radius 3 is 2.53 bits per heavy atom. The first-order valence-electron chi connectivity index (χ1n) is 12.8. The van der Waals surface area contributed by atoms with Crippen molar-refractivity contribution in [3.63, 3.8) is 0 Å². The number of hydrogen-bond donors (Lipinski definition) is 1. The highest BCUT2D eigenvalue weighted by Gasteiger charge is 2.42. The van der Waals surface area contributed by atoms with E-state index in [4.69, 9.17) is 9.47 Å². The van der Waals surface area contributed by atoms with Gasteiger partial charge in [0.05, 0.1) is 16.6 Å². The SMILES string of the molecule is CCC(CCCC1(C)Oc2c(C)c3c(c(Br)c2O1)CCN(Cc1c(C)cc(C)[nH]c1=O)C3=O)N(C)C. The smallest absolute Gasteiger partial charge is 0.254 e. The summed E-state index contributed by atoms with van der Waals surface area (Å²) in [6, 6.07) is 2.48. The molecule has 8 heteroatoms. The summed E-state index contributed by atoms with van der Waals surface area (Å²) in [6.45, 7) is 10.7. The average Bonchev–Trinajstić information content (AvgIpc) is 3.16. The standard InChI is InChI=1S/C28H38BrN3O4/c1-8-19(31(6)7)10-9-12-28(5)35-24-18(4)22-20(23(29)25(24)36-28)11-13-32(27(22)34)15-21-16(2)14-17(3)30-26(21)33/h14,19H,8-13,15H2,1-7H3,(H,30,33). The molecular formula is C28H38BrN3O4. The van der Waals surface area contributed by atoms with Crippen molar-refractivity contribution in [3.05, 3.63) is 54.4 Å². The summed E-state index contributed by atoms with van der Waals surface area (Å²) in [5.74, 6) is 0.493. The molecule has 0 saturated heterocycles. The van der Waals surface area contributed by atoms with Gasteiger partial charge >= 0.3 is 0 Å². The van der Waals surface area contributed by atoms with Gasteiger partial charge in [0.15, 0.2) is 11.5 Å². The summed E-state index contributed by atoms with van der Waals surface area (Å²) in [7, 11) is 4.24. The third-order valence-corrected chi connectivity index (χ3v) is 8.51. The van der Waals surface area contributed by atoms with Crippen LogP contribution in [0.3, 0.4) is 0 Å². The van der Waals surface area contributed by atoms with Crippen molar-refractivity contribution in [2.45, 2.75) is 85.1 Å². The maximum Gasteiger partial charge on any atom is 0.254 e.